The van der Waals surface area contributed by atoms with Gasteiger partial charge in [0.25, 0.3) is 0 Å². The number of hydrogen-bond acceptors (Lipinski definition) is 2. The molecule has 0 amide bonds. The maximum Gasteiger partial charge on any atom is 0.127 e. The van der Waals surface area contributed by atoms with E-state index in [1.807, 2.05) is 24.0 Å². The molecule has 0 aliphatic rings. The smallest absolute Gasteiger partial charge is 0.127 e. The van der Waals surface area contributed by atoms with Crippen molar-refractivity contribution in [2.24, 2.45) is 7.05 Å². The Balaban J connectivity index is 2.09. The monoisotopic (exact) mass is 249 g/mol. The van der Waals surface area contributed by atoms with Crippen LogP contribution in [0.15, 0.2) is 36.7 Å². The van der Waals surface area contributed by atoms with Gasteiger partial charge in [-0.05, 0) is 17.7 Å². The summed E-state index contributed by atoms with van der Waals surface area (Å²) in [6.07, 6.45) is 3.78. The van der Waals surface area contributed by atoms with Crippen LogP contribution in [0.25, 0.3) is 0 Å². The first-order valence-corrected chi connectivity index (χ1v) is 6.06. The molecule has 0 radical (unpaired) electrons. The highest BCUT2D eigenvalue weighted by Crippen LogP contribution is 2.16. The van der Waals surface area contributed by atoms with Crippen molar-refractivity contribution in [1.82, 2.24) is 9.55 Å². The van der Waals surface area contributed by atoms with Crippen LogP contribution in [0.4, 0.5) is 5.69 Å². The molecule has 0 fully saturated rings. The molecule has 1 heterocycles. The van der Waals surface area contributed by atoms with Gasteiger partial charge in [0.15, 0.2) is 0 Å². The van der Waals surface area contributed by atoms with Gasteiger partial charge < -0.3 is 9.47 Å². The van der Waals surface area contributed by atoms with Gasteiger partial charge in [0.2, 0.25) is 0 Å². The number of alkyl halides is 1. The van der Waals surface area contributed by atoms with E-state index in [9.17, 15) is 0 Å². The van der Waals surface area contributed by atoms with Crippen LogP contribution in [0.2, 0.25) is 0 Å². The van der Waals surface area contributed by atoms with Gasteiger partial charge in [-0.1, -0.05) is 12.1 Å². The third kappa shape index (κ3) is 2.80. The van der Waals surface area contributed by atoms with Crippen LogP contribution >= 0.6 is 11.6 Å². The topological polar surface area (TPSA) is 21.1 Å². The number of aryl methyl sites for hydroxylation is 1. The molecule has 4 heteroatoms. The number of benzene rings is 1. The van der Waals surface area contributed by atoms with Crippen LogP contribution < -0.4 is 4.90 Å². The summed E-state index contributed by atoms with van der Waals surface area (Å²) in [5, 5.41) is 0. The van der Waals surface area contributed by atoms with E-state index in [-0.39, 0.29) is 0 Å². The second-order valence-electron chi connectivity index (χ2n) is 4.11. The van der Waals surface area contributed by atoms with Crippen molar-refractivity contribution < 1.29 is 0 Å². The van der Waals surface area contributed by atoms with Crippen LogP contribution in [-0.2, 0) is 19.5 Å². The third-order valence-electron chi connectivity index (χ3n) is 2.83. The fraction of sp³-hybridized carbons (Fsp3) is 0.308. The van der Waals surface area contributed by atoms with E-state index in [0.29, 0.717) is 5.88 Å². The maximum atomic E-state index is 5.77. The Morgan fingerprint density at radius 2 is 2.00 bits per heavy atom. The van der Waals surface area contributed by atoms with Crippen molar-refractivity contribution in [3.8, 4) is 0 Å². The molecular weight excluding hydrogens is 234 g/mol. The molecule has 0 spiro atoms. The SMILES string of the molecule is CN(Cc1nccn1C)c1ccc(CCl)cc1. The summed E-state index contributed by atoms with van der Waals surface area (Å²) in [7, 11) is 4.07. The minimum absolute atomic E-state index is 0.559. The molecule has 0 N–H and O–H groups in total. The van der Waals surface area contributed by atoms with Crippen molar-refractivity contribution in [2.45, 2.75) is 12.4 Å². The lowest BCUT2D eigenvalue weighted by molar-refractivity contribution is 0.761. The summed E-state index contributed by atoms with van der Waals surface area (Å²) in [6, 6.07) is 8.27. The van der Waals surface area contributed by atoms with Gasteiger partial charge in [-0.15, -0.1) is 11.6 Å². The van der Waals surface area contributed by atoms with Crippen LogP contribution in [0.5, 0.6) is 0 Å². The first kappa shape index (κ1) is 12.0. The highest BCUT2D eigenvalue weighted by Gasteiger charge is 2.05. The minimum atomic E-state index is 0.559. The summed E-state index contributed by atoms with van der Waals surface area (Å²) < 4.78 is 2.03. The Morgan fingerprint density at radius 1 is 1.29 bits per heavy atom. The lowest BCUT2D eigenvalue weighted by Crippen LogP contribution is -2.18. The van der Waals surface area contributed by atoms with Crippen molar-refractivity contribution in [3.05, 3.63) is 48.0 Å². The zero-order valence-electron chi connectivity index (χ0n) is 10.1. The number of nitrogens with zero attached hydrogens (tertiary/aromatic N) is 3. The number of rotatable bonds is 4. The number of hydrogen-bond donors (Lipinski definition) is 0. The Kier molecular flexibility index (Phi) is 3.69. The molecule has 2 rings (SSSR count). The largest absolute Gasteiger partial charge is 0.367 e. The molecule has 0 saturated carbocycles. The summed E-state index contributed by atoms with van der Waals surface area (Å²) >= 11 is 5.77. The van der Waals surface area contributed by atoms with E-state index in [2.05, 4.69) is 41.2 Å². The lowest BCUT2D eigenvalue weighted by atomic mass is 10.2. The number of imidazole rings is 1. The maximum absolute atomic E-state index is 5.77. The van der Waals surface area contributed by atoms with Crippen LogP contribution in [-0.4, -0.2) is 16.6 Å². The zero-order chi connectivity index (χ0) is 12.3. The molecule has 1 aromatic carbocycles. The third-order valence-corrected chi connectivity index (χ3v) is 3.14. The van der Waals surface area contributed by atoms with E-state index >= 15 is 0 Å². The van der Waals surface area contributed by atoms with Crippen molar-refractivity contribution in [3.63, 3.8) is 0 Å². The molecule has 0 unspecified atom stereocenters. The molecule has 17 heavy (non-hydrogen) atoms. The molecule has 0 bridgehead atoms. The van der Waals surface area contributed by atoms with Crippen LogP contribution in [0, 0.1) is 0 Å². The Morgan fingerprint density at radius 3 is 2.53 bits per heavy atom. The van der Waals surface area contributed by atoms with Crippen molar-refractivity contribution in [1.29, 1.82) is 0 Å². The lowest BCUT2D eigenvalue weighted by Gasteiger charge is -2.19. The number of aromatic nitrogens is 2. The molecule has 0 saturated heterocycles. The predicted molar refractivity (Wildman–Crippen MR) is 71.3 cm³/mol. The number of halogens is 1. The normalized spacial score (nSPS) is 10.5. The van der Waals surface area contributed by atoms with Gasteiger partial charge >= 0.3 is 0 Å². The fourth-order valence-corrected chi connectivity index (χ4v) is 1.87. The Hall–Kier alpha value is -1.48. The molecular formula is C13H16ClN3. The van der Waals surface area contributed by atoms with E-state index in [1.54, 1.807) is 0 Å². The minimum Gasteiger partial charge on any atom is -0.367 e. The highest BCUT2D eigenvalue weighted by atomic mass is 35.5. The van der Waals surface area contributed by atoms with Crippen molar-refractivity contribution >= 4 is 17.3 Å². The van der Waals surface area contributed by atoms with Gasteiger partial charge in [-0.25, -0.2) is 4.98 Å². The molecule has 3 nitrogen and oxygen atoms in total. The Labute approximate surface area is 107 Å². The summed E-state index contributed by atoms with van der Waals surface area (Å²) in [5.74, 6) is 1.61. The standard InChI is InChI=1S/C13H16ClN3/c1-16-8-7-15-13(16)10-17(2)12-5-3-11(9-14)4-6-12/h3-8H,9-10H2,1-2H3. The average molecular weight is 250 g/mol. The fourth-order valence-electron chi connectivity index (χ4n) is 1.69. The van der Waals surface area contributed by atoms with Gasteiger partial charge in [-0.2, -0.15) is 0 Å². The van der Waals surface area contributed by atoms with Gasteiger partial charge in [0, 0.05) is 38.1 Å². The quantitative estimate of drug-likeness (QED) is 0.777. The van der Waals surface area contributed by atoms with Crippen LogP contribution in [0.1, 0.15) is 11.4 Å². The second-order valence-corrected chi connectivity index (χ2v) is 4.38. The summed E-state index contributed by atoms with van der Waals surface area (Å²) in [6.45, 7) is 0.795. The highest BCUT2D eigenvalue weighted by molar-refractivity contribution is 6.17. The molecule has 2 aromatic rings. The molecule has 90 valence electrons. The zero-order valence-corrected chi connectivity index (χ0v) is 10.9. The first-order chi connectivity index (χ1) is 8.20. The summed E-state index contributed by atoms with van der Waals surface area (Å²) in [5.41, 5.74) is 2.31. The summed E-state index contributed by atoms with van der Waals surface area (Å²) in [4.78, 5) is 6.48. The van der Waals surface area contributed by atoms with E-state index in [1.165, 1.54) is 5.69 Å². The molecule has 0 aliphatic heterocycles. The molecule has 0 aliphatic carbocycles. The molecule has 0 atom stereocenters. The van der Waals surface area contributed by atoms with Gasteiger partial charge in [0.1, 0.15) is 5.82 Å². The van der Waals surface area contributed by atoms with Crippen molar-refractivity contribution in [2.75, 3.05) is 11.9 Å². The van der Waals surface area contributed by atoms with Gasteiger partial charge in [-0.3, -0.25) is 0 Å². The van der Waals surface area contributed by atoms with E-state index in [4.69, 9.17) is 11.6 Å². The predicted octanol–water partition coefficient (Wildman–Crippen LogP) is 2.80. The molecule has 1 aromatic heterocycles. The van der Waals surface area contributed by atoms with E-state index < -0.39 is 0 Å². The Bertz CT molecular complexity index is 476. The number of anilines is 1. The van der Waals surface area contributed by atoms with Gasteiger partial charge in [0.05, 0.1) is 6.54 Å². The first-order valence-electron chi connectivity index (χ1n) is 5.53. The van der Waals surface area contributed by atoms with E-state index in [0.717, 1.165) is 17.9 Å². The van der Waals surface area contributed by atoms with Crippen LogP contribution in [0.3, 0.4) is 0 Å². The average Bonchev–Trinajstić information content (AvgIpc) is 2.75. The second kappa shape index (κ2) is 5.23.